The van der Waals surface area contributed by atoms with E-state index in [-0.39, 0.29) is 18.0 Å². The Kier molecular flexibility index (Phi) is 6.11. The number of fused-ring (bicyclic) bond motifs is 3. The van der Waals surface area contributed by atoms with Crippen molar-refractivity contribution in [3.63, 3.8) is 0 Å². The summed E-state index contributed by atoms with van der Waals surface area (Å²) in [6.45, 7) is 6.12. The van der Waals surface area contributed by atoms with Gasteiger partial charge in [-0.2, -0.15) is 4.98 Å². The Morgan fingerprint density at radius 2 is 1.80 bits per heavy atom. The first kappa shape index (κ1) is 23.5. The summed E-state index contributed by atoms with van der Waals surface area (Å²) in [5.74, 6) is 1.69. The molecule has 5 rings (SSSR count). The first-order valence-corrected chi connectivity index (χ1v) is 12.2. The number of benzene rings is 2. The number of aryl methyl sites for hydroxylation is 1. The van der Waals surface area contributed by atoms with Gasteiger partial charge in [-0.15, -0.1) is 0 Å². The molecule has 4 aromatic rings. The molecule has 0 saturated heterocycles. The molecule has 0 unspecified atom stereocenters. The third-order valence-electron chi connectivity index (χ3n) is 6.23. The normalized spacial score (nSPS) is 15.5. The van der Waals surface area contributed by atoms with E-state index in [1.54, 1.807) is 25.2 Å². The summed E-state index contributed by atoms with van der Waals surface area (Å²) in [5.41, 5.74) is 1.60. The van der Waals surface area contributed by atoms with Crippen LogP contribution in [0.15, 0.2) is 52.1 Å². The Bertz CT molecular complexity index is 1540. The van der Waals surface area contributed by atoms with E-state index in [0.29, 0.717) is 45.9 Å². The second-order valence-corrected chi connectivity index (χ2v) is 9.63. The highest BCUT2D eigenvalue weighted by Gasteiger charge is 2.30. The van der Waals surface area contributed by atoms with Gasteiger partial charge in [-0.3, -0.25) is 13.9 Å². The Hall–Kier alpha value is -3.23. The van der Waals surface area contributed by atoms with Crippen molar-refractivity contribution in [2.24, 2.45) is 13.0 Å². The fraction of sp³-hybridized carbons (Fsp3) is 0.320. The van der Waals surface area contributed by atoms with E-state index in [4.69, 9.17) is 32.9 Å². The zero-order chi connectivity index (χ0) is 24.9. The van der Waals surface area contributed by atoms with Crippen LogP contribution in [0.2, 0.25) is 10.0 Å². The molecule has 1 atom stereocenters. The summed E-state index contributed by atoms with van der Waals surface area (Å²) in [6, 6.07) is 12.9. The number of hydrogen-bond donors (Lipinski definition) is 0. The summed E-state index contributed by atoms with van der Waals surface area (Å²) in [7, 11) is 1.64. The van der Waals surface area contributed by atoms with Crippen molar-refractivity contribution in [1.82, 2.24) is 18.7 Å². The van der Waals surface area contributed by atoms with Crippen LogP contribution in [0.3, 0.4) is 0 Å². The molecule has 0 amide bonds. The number of aromatic nitrogens is 4. The van der Waals surface area contributed by atoms with E-state index in [2.05, 4.69) is 11.8 Å². The highest BCUT2D eigenvalue weighted by molar-refractivity contribution is 6.42. The third-order valence-corrected chi connectivity index (χ3v) is 6.97. The lowest BCUT2D eigenvalue weighted by Crippen LogP contribution is -2.40. The fourth-order valence-corrected chi connectivity index (χ4v) is 4.89. The van der Waals surface area contributed by atoms with Gasteiger partial charge in [0.25, 0.3) is 5.56 Å². The number of ether oxygens (including phenoxy) is 1. The second kappa shape index (κ2) is 9.09. The smallest absolute Gasteiger partial charge is 0.332 e. The number of halogens is 2. The van der Waals surface area contributed by atoms with Crippen LogP contribution >= 0.6 is 23.2 Å². The van der Waals surface area contributed by atoms with Crippen LogP contribution in [0.1, 0.15) is 19.4 Å². The lowest BCUT2D eigenvalue weighted by atomic mass is 10.1. The van der Waals surface area contributed by atoms with Crippen molar-refractivity contribution in [3.8, 4) is 5.75 Å². The van der Waals surface area contributed by atoms with E-state index in [0.717, 1.165) is 18.0 Å². The minimum Gasteiger partial charge on any atom is -0.494 e. The van der Waals surface area contributed by atoms with Gasteiger partial charge in [0, 0.05) is 25.8 Å². The summed E-state index contributed by atoms with van der Waals surface area (Å²) in [4.78, 5) is 33.7. The van der Waals surface area contributed by atoms with Crippen molar-refractivity contribution in [2.75, 3.05) is 18.1 Å². The van der Waals surface area contributed by atoms with E-state index in [1.165, 1.54) is 9.13 Å². The van der Waals surface area contributed by atoms with Gasteiger partial charge in [0.2, 0.25) is 5.95 Å². The average Bonchev–Trinajstić information content (AvgIpc) is 3.22. The zero-order valence-corrected chi connectivity index (χ0v) is 21.2. The van der Waals surface area contributed by atoms with Gasteiger partial charge in [0.1, 0.15) is 5.75 Å². The summed E-state index contributed by atoms with van der Waals surface area (Å²) in [6.07, 6.45) is 0. The number of nitrogens with zero attached hydrogens (tertiary/aromatic N) is 5. The minimum atomic E-state index is -0.440. The molecule has 1 aliphatic rings. The number of imidazole rings is 1. The van der Waals surface area contributed by atoms with Crippen LogP contribution in [0.5, 0.6) is 5.75 Å². The summed E-state index contributed by atoms with van der Waals surface area (Å²) in [5, 5.41) is 0.788. The van der Waals surface area contributed by atoms with Gasteiger partial charge in [-0.25, -0.2) is 4.79 Å². The highest BCUT2D eigenvalue weighted by atomic mass is 35.5. The lowest BCUT2D eigenvalue weighted by Gasteiger charge is -2.33. The third kappa shape index (κ3) is 4.10. The van der Waals surface area contributed by atoms with Crippen molar-refractivity contribution < 1.29 is 4.74 Å². The topological polar surface area (TPSA) is 74.3 Å². The molecule has 10 heteroatoms. The lowest BCUT2D eigenvalue weighted by molar-refractivity contribution is 0.340. The Labute approximate surface area is 211 Å². The standard InChI is InChI=1S/C25H25Cl2N5O3/c1-4-35-18-8-6-17(7-9-18)30-12-15(2)13-31-21-22(28-24(30)31)29(3)25(34)32(23(21)33)14-16-5-10-19(26)20(27)11-16/h5-11,15H,4,12-14H2,1-3H3/t15-/m0/s1. The van der Waals surface area contributed by atoms with Crippen molar-refractivity contribution >= 4 is 46.0 Å². The Balaban J connectivity index is 1.65. The Morgan fingerprint density at radius 3 is 2.49 bits per heavy atom. The molecule has 0 spiro atoms. The van der Waals surface area contributed by atoms with Crippen LogP contribution in [-0.2, 0) is 20.1 Å². The van der Waals surface area contributed by atoms with Gasteiger partial charge >= 0.3 is 5.69 Å². The molecule has 8 nitrogen and oxygen atoms in total. The molecule has 182 valence electrons. The van der Waals surface area contributed by atoms with Gasteiger partial charge in [-0.05, 0) is 54.8 Å². The zero-order valence-electron chi connectivity index (χ0n) is 19.7. The molecule has 35 heavy (non-hydrogen) atoms. The fourth-order valence-electron chi connectivity index (χ4n) is 4.57. The summed E-state index contributed by atoms with van der Waals surface area (Å²) >= 11 is 12.2. The van der Waals surface area contributed by atoms with E-state index in [1.807, 2.05) is 35.8 Å². The second-order valence-electron chi connectivity index (χ2n) is 8.82. The van der Waals surface area contributed by atoms with E-state index >= 15 is 0 Å². The van der Waals surface area contributed by atoms with Crippen LogP contribution in [0.25, 0.3) is 11.2 Å². The van der Waals surface area contributed by atoms with Crippen LogP contribution < -0.4 is 20.9 Å². The maximum atomic E-state index is 13.7. The molecule has 0 bridgehead atoms. The molecule has 0 N–H and O–H groups in total. The molecule has 0 fully saturated rings. The van der Waals surface area contributed by atoms with Crippen LogP contribution in [0.4, 0.5) is 11.6 Å². The quantitative estimate of drug-likeness (QED) is 0.394. The van der Waals surface area contributed by atoms with Gasteiger partial charge in [0.05, 0.1) is 23.2 Å². The summed E-state index contributed by atoms with van der Waals surface area (Å²) < 4.78 is 10.1. The van der Waals surface area contributed by atoms with Gasteiger partial charge < -0.3 is 14.2 Å². The van der Waals surface area contributed by atoms with Crippen molar-refractivity contribution in [1.29, 1.82) is 0 Å². The maximum absolute atomic E-state index is 13.7. The van der Waals surface area contributed by atoms with Gasteiger partial charge in [-0.1, -0.05) is 36.2 Å². The first-order valence-electron chi connectivity index (χ1n) is 11.4. The highest BCUT2D eigenvalue weighted by Crippen LogP contribution is 2.33. The largest absolute Gasteiger partial charge is 0.494 e. The molecule has 2 aromatic heterocycles. The van der Waals surface area contributed by atoms with Crippen molar-refractivity contribution in [3.05, 3.63) is 78.9 Å². The molecule has 0 aliphatic carbocycles. The SMILES string of the molecule is CCOc1ccc(N2C[C@H](C)Cn3c2nc2c3c(=O)n(Cc3ccc(Cl)c(Cl)c3)c(=O)n2C)cc1. The molecule has 0 radical (unpaired) electrons. The number of hydrogen-bond acceptors (Lipinski definition) is 5. The molecule has 3 heterocycles. The van der Waals surface area contributed by atoms with Gasteiger partial charge in [0.15, 0.2) is 11.2 Å². The molecule has 0 saturated carbocycles. The molecule has 1 aliphatic heterocycles. The minimum absolute atomic E-state index is 0.0804. The Morgan fingerprint density at radius 1 is 1.06 bits per heavy atom. The average molecular weight is 514 g/mol. The number of rotatable bonds is 5. The monoisotopic (exact) mass is 513 g/mol. The predicted octanol–water partition coefficient (Wildman–Crippen LogP) is 4.44. The maximum Gasteiger partial charge on any atom is 0.332 e. The van der Waals surface area contributed by atoms with E-state index < -0.39 is 5.69 Å². The molecule has 2 aromatic carbocycles. The number of anilines is 2. The molecular formula is C25H25Cl2N5O3. The predicted molar refractivity (Wildman–Crippen MR) is 139 cm³/mol. The first-order chi connectivity index (χ1) is 16.8. The van der Waals surface area contributed by atoms with Crippen LogP contribution in [0, 0.1) is 5.92 Å². The van der Waals surface area contributed by atoms with E-state index in [9.17, 15) is 9.59 Å². The molecular weight excluding hydrogens is 489 g/mol. The van der Waals surface area contributed by atoms with Crippen molar-refractivity contribution in [2.45, 2.75) is 26.9 Å². The van der Waals surface area contributed by atoms with Crippen LogP contribution in [-0.4, -0.2) is 31.8 Å².